The topological polar surface area (TPSA) is 31.2 Å². The van der Waals surface area contributed by atoms with Gasteiger partial charge >= 0.3 is 0 Å². The molecular weight excluding hydrogens is 159 g/mol. The fourth-order valence-corrected chi connectivity index (χ4v) is 0.902. The monoisotopic (exact) mass is 175 g/mol. The summed E-state index contributed by atoms with van der Waals surface area (Å²) in [6, 6.07) is 0.473. The second kappa shape index (κ2) is 5.31. The van der Waals surface area contributed by atoms with Crippen molar-refractivity contribution >= 4 is 31.2 Å². The number of aliphatic imine (C=N–C) groups is 2. The zero-order chi connectivity index (χ0) is 9.14. The summed E-state index contributed by atoms with van der Waals surface area (Å²) >= 11 is 0. The number of hydrogen-bond acceptors (Lipinski definition) is 4. The van der Waals surface area contributed by atoms with Crippen LogP contribution >= 0.6 is 0 Å². The van der Waals surface area contributed by atoms with E-state index in [0.29, 0.717) is 12.7 Å². The van der Waals surface area contributed by atoms with Gasteiger partial charge in [0.2, 0.25) is 5.96 Å². The van der Waals surface area contributed by atoms with Gasteiger partial charge in [-0.15, -0.1) is 0 Å². The van der Waals surface area contributed by atoms with Crippen molar-refractivity contribution in [1.82, 2.24) is 9.80 Å². The molecule has 1 aliphatic heterocycles. The maximum atomic E-state index is 4.30. The molecule has 0 unspecified atom stereocenters. The second-order valence-electron chi connectivity index (χ2n) is 3.35. The Balaban J connectivity index is 0.00000144. The van der Waals surface area contributed by atoms with Gasteiger partial charge < -0.3 is 9.80 Å². The van der Waals surface area contributed by atoms with Gasteiger partial charge in [0.15, 0.2) is 0 Å². The molecular formula is C8H16LiN4. The third kappa shape index (κ3) is 3.41. The van der Waals surface area contributed by atoms with E-state index in [4.69, 9.17) is 0 Å². The van der Waals surface area contributed by atoms with Crippen LogP contribution in [0.3, 0.4) is 0 Å². The van der Waals surface area contributed by atoms with Crippen LogP contribution in [-0.4, -0.2) is 67.8 Å². The summed E-state index contributed by atoms with van der Waals surface area (Å²) < 4.78 is 0. The Morgan fingerprint density at radius 3 is 2.38 bits per heavy atom. The van der Waals surface area contributed by atoms with Crippen molar-refractivity contribution in [3.05, 3.63) is 0 Å². The molecule has 0 amide bonds. The van der Waals surface area contributed by atoms with Gasteiger partial charge in [-0.25, -0.2) is 9.98 Å². The van der Waals surface area contributed by atoms with E-state index in [0.717, 1.165) is 5.96 Å². The van der Waals surface area contributed by atoms with Crippen LogP contribution in [0.5, 0.6) is 0 Å². The third-order valence-electron chi connectivity index (χ3n) is 1.76. The van der Waals surface area contributed by atoms with Crippen LogP contribution in [0.1, 0.15) is 13.8 Å². The standard InChI is InChI=1S/C8H16N4.Li/c1-7(2)12-5-9-8(10-6-12)11(3)4;/h5,7H,6H2,1-4H3;. The van der Waals surface area contributed by atoms with Gasteiger partial charge in [-0.2, -0.15) is 0 Å². The molecule has 1 rings (SSSR count). The first kappa shape index (κ1) is 12.5. The summed E-state index contributed by atoms with van der Waals surface area (Å²) in [4.78, 5) is 12.5. The molecule has 0 aliphatic carbocycles. The minimum atomic E-state index is 0. The molecule has 0 aromatic rings. The molecule has 0 saturated heterocycles. The number of guanidine groups is 1. The average molecular weight is 175 g/mol. The van der Waals surface area contributed by atoms with E-state index in [1.54, 1.807) is 0 Å². The van der Waals surface area contributed by atoms with Crippen LogP contribution in [0.4, 0.5) is 0 Å². The summed E-state index contributed by atoms with van der Waals surface area (Å²) in [5.74, 6) is 0.798. The van der Waals surface area contributed by atoms with Crippen molar-refractivity contribution in [3.8, 4) is 0 Å². The predicted molar refractivity (Wildman–Crippen MR) is 57.2 cm³/mol. The Kier molecular flexibility index (Phi) is 5.12. The largest absolute Gasteiger partial charge is 0.347 e. The molecule has 0 saturated carbocycles. The number of nitrogens with zero attached hydrogens (tertiary/aromatic N) is 4. The van der Waals surface area contributed by atoms with Crippen LogP contribution in [0.25, 0.3) is 0 Å². The molecule has 69 valence electrons. The van der Waals surface area contributed by atoms with Gasteiger partial charge in [-0.05, 0) is 13.8 Å². The summed E-state index contributed by atoms with van der Waals surface area (Å²) in [5, 5.41) is 0. The van der Waals surface area contributed by atoms with Crippen molar-refractivity contribution < 1.29 is 0 Å². The van der Waals surface area contributed by atoms with Gasteiger partial charge in [0.1, 0.15) is 6.67 Å². The molecule has 0 bridgehead atoms. The average Bonchev–Trinajstić information content (AvgIpc) is 2.04. The van der Waals surface area contributed by atoms with E-state index in [9.17, 15) is 0 Å². The predicted octanol–water partition coefficient (Wildman–Crippen LogP) is 0.233. The normalized spacial score (nSPS) is 15.5. The molecule has 0 atom stereocenters. The Hall–Kier alpha value is -0.463. The van der Waals surface area contributed by atoms with E-state index in [1.165, 1.54) is 0 Å². The summed E-state index contributed by atoms with van der Waals surface area (Å²) in [6.45, 7) is 4.97. The second-order valence-corrected chi connectivity index (χ2v) is 3.35. The molecule has 0 fully saturated rings. The van der Waals surface area contributed by atoms with Crippen molar-refractivity contribution in [3.63, 3.8) is 0 Å². The van der Waals surface area contributed by atoms with Crippen LogP contribution < -0.4 is 0 Å². The van der Waals surface area contributed by atoms with Gasteiger partial charge in [0.25, 0.3) is 0 Å². The fraction of sp³-hybridized carbons (Fsp3) is 0.750. The smallest absolute Gasteiger partial charge is 0.223 e. The van der Waals surface area contributed by atoms with E-state index in [2.05, 4.69) is 28.7 Å². The van der Waals surface area contributed by atoms with Crippen LogP contribution in [0.15, 0.2) is 9.98 Å². The summed E-state index contributed by atoms with van der Waals surface area (Å²) in [7, 11) is 3.89. The van der Waals surface area contributed by atoms with Gasteiger partial charge in [-0.3, -0.25) is 0 Å². The molecule has 0 aromatic heterocycles. The molecule has 1 radical (unpaired) electrons. The number of rotatable bonds is 1. The Bertz CT molecular complexity index is 210. The first-order valence-electron chi connectivity index (χ1n) is 4.13. The van der Waals surface area contributed by atoms with Crippen molar-refractivity contribution in [2.75, 3.05) is 20.8 Å². The minimum Gasteiger partial charge on any atom is -0.347 e. The van der Waals surface area contributed by atoms with Crippen molar-refractivity contribution in [2.45, 2.75) is 19.9 Å². The molecule has 1 aliphatic rings. The zero-order valence-corrected chi connectivity index (χ0v) is 9.15. The van der Waals surface area contributed by atoms with Crippen LogP contribution in [0.2, 0.25) is 0 Å². The van der Waals surface area contributed by atoms with Gasteiger partial charge in [0, 0.05) is 39.0 Å². The molecule has 5 heteroatoms. The Labute approximate surface area is 91.9 Å². The van der Waals surface area contributed by atoms with E-state index in [1.807, 2.05) is 25.3 Å². The molecule has 13 heavy (non-hydrogen) atoms. The van der Waals surface area contributed by atoms with E-state index >= 15 is 0 Å². The first-order chi connectivity index (χ1) is 5.61. The summed E-state index contributed by atoms with van der Waals surface area (Å²) in [5.41, 5.74) is 0. The van der Waals surface area contributed by atoms with Gasteiger partial charge in [0.05, 0.1) is 6.34 Å². The van der Waals surface area contributed by atoms with Crippen molar-refractivity contribution in [1.29, 1.82) is 0 Å². The maximum Gasteiger partial charge on any atom is 0.223 e. The van der Waals surface area contributed by atoms with Crippen LogP contribution in [-0.2, 0) is 0 Å². The van der Waals surface area contributed by atoms with Crippen LogP contribution in [0, 0.1) is 0 Å². The zero-order valence-electron chi connectivity index (χ0n) is 9.15. The SMILES string of the molecule is CC(C)N1C=NC(N(C)C)=NC1.[Li]. The first-order valence-corrected chi connectivity index (χ1v) is 4.13. The molecule has 1 heterocycles. The van der Waals surface area contributed by atoms with Gasteiger partial charge in [-0.1, -0.05) is 0 Å². The van der Waals surface area contributed by atoms with E-state index < -0.39 is 0 Å². The Morgan fingerprint density at radius 2 is 2.08 bits per heavy atom. The quantitative estimate of drug-likeness (QED) is 0.534. The van der Waals surface area contributed by atoms with E-state index in [-0.39, 0.29) is 18.9 Å². The number of hydrogen-bond donors (Lipinski definition) is 0. The third-order valence-corrected chi connectivity index (χ3v) is 1.76. The Morgan fingerprint density at radius 1 is 1.46 bits per heavy atom. The van der Waals surface area contributed by atoms with Crippen molar-refractivity contribution in [2.24, 2.45) is 9.98 Å². The molecule has 0 N–H and O–H groups in total. The molecule has 0 aromatic carbocycles. The maximum absolute atomic E-state index is 4.30. The fourth-order valence-electron chi connectivity index (χ4n) is 0.902. The molecule has 4 nitrogen and oxygen atoms in total. The summed E-state index contributed by atoms with van der Waals surface area (Å²) in [6.07, 6.45) is 1.85. The molecule has 0 spiro atoms. The minimum absolute atomic E-state index is 0.